The first-order valence-electron chi connectivity index (χ1n) is 13.5. The lowest BCUT2D eigenvalue weighted by atomic mass is 10.1. The number of aromatic nitrogens is 4. The molecule has 2 rings (SSSR count). The molecule has 1 amide bonds. The Kier molecular flexibility index (Phi) is 13.4. The van der Waals surface area contributed by atoms with Crippen molar-refractivity contribution in [3.63, 3.8) is 0 Å². The zero-order chi connectivity index (χ0) is 25.5. The van der Waals surface area contributed by atoms with Crippen molar-refractivity contribution in [3.8, 4) is 0 Å². The summed E-state index contributed by atoms with van der Waals surface area (Å²) in [7, 11) is 3.45. The van der Waals surface area contributed by atoms with E-state index < -0.39 is 0 Å². The minimum absolute atomic E-state index is 0.0611. The summed E-state index contributed by atoms with van der Waals surface area (Å²) in [5.41, 5.74) is 0.407. The summed E-state index contributed by atoms with van der Waals surface area (Å²) < 4.78 is 4.50. The summed E-state index contributed by atoms with van der Waals surface area (Å²) in [5.74, 6) is 0.0611. The lowest BCUT2D eigenvalue weighted by Gasteiger charge is -2.08. The molecule has 9 heteroatoms. The molecule has 0 aliphatic heterocycles. The average molecular weight is 491 g/mol. The smallest absolute Gasteiger partial charge is 0.332 e. The van der Waals surface area contributed by atoms with E-state index in [9.17, 15) is 14.4 Å². The number of hydrogen-bond donors (Lipinski definition) is 2. The van der Waals surface area contributed by atoms with Crippen molar-refractivity contribution < 1.29 is 4.79 Å². The van der Waals surface area contributed by atoms with Crippen LogP contribution in [0.5, 0.6) is 0 Å². The Bertz CT molecular complexity index is 1010. The zero-order valence-corrected chi connectivity index (χ0v) is 22.1. The third-order valence-electron chi connectivity index (χ3n) is 6.59. The topological polar surface area (TPSA) is 103 Å². The van der Waals surface area contributed by atoms with Gasteiger partial charge in [0.15, 0.2) is 11.2 Å². The molecule has 0 aliphatic carbocycles. The summed E-state index contributed by atoms with van der Waals surface area (Å²) >= 11 is 0. The summed E-state index contributed by atoms with van der Waals surface area (Å²) in [4.78, 5) is 40.1. The summed E-state index contributed by atoms with van der Waals surface area (Å²) in [6.07, 6.45) is 16.9. The minimum Gasteiger partial charge on any atom is -0.356 e. The van der Waals surface area contributed by atoms with E-state index in [2.05, 4.69) is 15.6 Å². The van der Waals surface area contributed by atoms with Gasteiger partial charge in [0.1, 0.15) is 0 Å². The maximum atomic E-state index is 12.7. The van der Waals surface area contributed by atoms with Crippen LogP contribution in [0.15, 0.2) is 15.9 Å². The molecular formula is C26H46N6O3. The Morgan fingerprint density at radius 2 is 1.31 bits per heavy atom. The van der Waals surface area contributed by atoms with Gasteiger partial charge >= 0.3 is 5.69 Å². The summed E-state index contributed by atoms with van der Waals surface area (Å²) in [5, 5.41) is 6.37. The van der Waals surface area contributed by atoms with Crippen LogP contribution in [0.4, 0.5) is 0 Å². The molecule has 0 saturated heterocycles. The van der Waals surface area contributed by atoms with Crippen LogP contribution in [0.25, 0.3) is 11.2 Å². The third-order valence-corrected chi connectivity index (χ3v) is 6.59. The van der Waals surface area contributed by atoms with E-state index in [1.807, 2.05) is 0 Å². The Hall–Kier alpha value is -2.42. The van der Waals surface area contributed by atoms with Crippen LogP contribution in [0.1, 0.15) is 90.4 Å². The highest BCUT2D eigenvalue weighted by Crippen LogP contribution is 2.10. The fourth-order valence-electron chi connectivity index (χ4n) is 4.47. The first-order chi connectivity index (χ1) is 16.9. The fourth-order valence-corrected chi connectivity index (χ4v) is 4.47. The molecule has 0 atom stereocenters. The van der Waals surface area contributed by atoms with Crippen molar-refractivity contribution in [2.24, 2.45) is 14.1 Å². The molecule has 35 heavy (non-hydrogen) atoms. The quantitative estimate of drug-likeness (QED) is 0.294. The monoisotopic (exact) mass is 490 g/mol. The molecule has 0 bridgehead atoms. The van der Waals surface area contributed by atoms with Crippen molar-refractivity contribution in [2.45, 2.75) is 96.9 Å². The number of carbonyl (C=O) groups excluding carboxylic acids is 1. The standard InChI is InChI=1S/C26H46N6O3/c1-22(33)28-19-15-11-10-14-18-27-17-13-9-7-5-4-6-8-12-16-20-32-25(34)23-24(29-21-30(23)2)31(3)26(32)35/h21,27H,4-20H2,1-3H3,(H,28,33). The molecule has 0 saturated carbocycles. The summed E-state index contributed by atoms with van der Waals surface area (Å²) in [6, 6.07) is 0. The normalized spacial score (nSPS) is 11.4. The number of imidazole rings is 1. The van der Waals surface area contributed by atoms with Gasteiger partial charge in [-0.2, -0.15) is 0 Å². The molecule has 2 aromatic heterocycles. The predicted octanol–water partition coefficient (Wildman–Crippen LogP) is 3.23. The van der Waals surface area contributed by atoms with Crippen molar-refractivity contribution in [1.29, 1.82) is 0 Å². The van der Waals surface area contributed by atoms with E-state index in [1.165, 1.54) is 66.9 Å². The van der Waals surface area contributed by atoms with Crippen molar-refractivity contribution in [2.75, 3.05) is 19.6 Å². The van der Waals surface area contributed by atoms with Gasteiger partial charge in [-0.1, -0.05) is 57.8 Å². The van der Waals surface area contributed by atoms with Crippen molar-refractivity contribution >= 4 is 17.1 Å². The number of carbonyl (C=O) groups is 1. The molecule has 0 unspecified atom stereocenters. The number of fused-ring (bicyclic) bond motifs is 1. The number of unbranched alkanes of at least 4 members (excludes halogenated alkanes) is 11. The first-order valence-corrected chi connectivity index (χ1v) is 13.5. The maximum Gasteiger partial charge on any atom is 0.332 e. The van der Waals surface area contributed by atoms with Gasteiger partial charge in [-0.3, -0.25) is 18.7 Å². The number of aryl methyl sites for hydroxylation is 2. The number of nitrogens with one attached hydrogen (secondary N) is 2. The van der Waals surface area contributed by atoms with E-state index in [1.54, 1.807) is 31.9 Å². The van der Waals surface area contributed by atoms with Gasteiger partial charge in [0, 0.05) is 34.1 Å². The Morgan fingerprint density at radius 1 is 0.800 bits per heavy atom. The Balaban J connectivity index is 1.42. The molecule has 0 fully saturated rings. The molecular weight excluding hydrogens is 444 g/mol. The first kappa shape index (κ1) is 28.8. The van der Waals surface area contributed by atoms with Crippen LogP contribution in [0, 0.1) is 0 Å². The van der Waals surface area contributed by atoms with Gasteiger partial charge in [0.2, 0.25) is 5.91 Å². The summed E-state index contributed by atoms with van der Waals surface area (Å²) in [6.45, 7) is 5.03. The lowest BCUT2D eigenvalue weighted by Crippen LogP contribution is -2.39. The number of hydrogen-bond acceptors (Lipinski definition) is 5. The van der Waals surface area contributed by atoms with E-state index in [0.29, 0.717) is 17.7 Å². The number of amides is 1. The van der Waals surface area contributed by atoms with E-state index in [0.717, 1.165) is 45.3 Å². The average Bonchev–Trinajstić information content (AvgIpc) is 3.22. The molecule has 0 radical (unpaired) electrons. The molecule has 9 nitrogen and oxygen atoms in total. The molecule has 198 valence electrons. The van der Waals surface area contributed by atoms with Gasteiger partial charge in [0.05, 0.1) is 6.33 Å². The molecule has 0 spiro atoms. The highest BCUT2D eigenvalue weighted by Gasteiger charge is 2.14. The van der Waals surface area contributed by atoms with Gasteiger partial charge in [-0.15, -0.1) is 0 Å². The number of rotatable bonds is 19. The van der Waals surface area contributed by atoms with Crippen LogP contribution < -0.4 is 21.9 Å². The minimum atomic E-state index is -0.283. The van der Waals surface area contributed by atoms with Gasteiger partial charge < -0.3 is 15.2 Å². The predicted molar refractivity (Wildman–Crippen MR) is 142 cm³/mol. The molecule has 2 aromatic rings. The lowest BCUT2D eigenvalue weighted by molar-refractivity contribution is -0.118. The third kappa shape index (κ3) is 9.99. The van der Waals surface area contributed by atoms with Crippen LogP contribution in [0.3, 0.4) is 0 Å². The largest absolute Gasteiger partial charge is 0.356 e. The fraction of sp³-hybridized carbons (Fsp3) is 0.769. The molecule has 2 heterocycles. The zero-order valence-electron chi connectivity index (χ0n) is 22.1. The Morgan fingerprint density at radius 3 is 1.89 bits per heavy atom. The SMILES string of the molecule is CC(=O)NCCCCCCNCCCCCCCCCCCn1c(=O)c2c(ncn2C)n(C)c1=O. The van der Waals surface area contributed by atoms with Crippen molar-refractivity contribution in [1.82, 2.24) is 29.3 Å². The van der Waals surface area contributed by atoms with Gasteiger partial charge in [-0.25, -0.2) is 9.78 Å². The van der Waals surface area contributed by atoms with Crippen LogP contribution in [-0.2, 0) is 25.4 Å². The Labute approximate surface area is 209 Å². The highest BCUT2D eigenvalue weighted by atomic mass is 16.2. The highest BCUT2D eigenvalue weighted by molar-refractivity contribution is 5.72. The van der Waals surface area contributed by atoms with E-state index in [4.69, 9.17) is 0 Å². The van der Waals surface area contributed by atoms with E-state index in [-0.39, 0.29) is 17.2 Å². The molecule has 0 aliphatic rings. The van der Waals surface area contributed by atoms with Crippen LogP contribution >= 0.6 is 0 Å². The maximum absolute atomic E-state index is 12.7. The molecule has 0 aromatic carbocycles. The molecule has 2 N–H and O–H groups in total. The van der Waals surface area contributed by atoms with Gasteiger partial charge in [0.25, 0.3) is 5.56 Å². The van der Waals surface area contributed by atoms with Gasteiger partial charge in [-0.05, 0) is 38.8 Å². The second-order valence-corrected chi connectivity index (χ2v) is 9.66. The second-order valence-electron chi connectivity index (χ2n) is 9.66. The van der Waals surface area contributed by atoms with E-state index >= 15 is 0 Å². The van der Waals surface area contributed by atoms with Crippen molar-refractivity contribution in [3.05, 3.63) is 27.2 Å². The van der Waals surface area contributed by atoms with Crippen LogP contribution in [-0.4, -0.2) is 44.2 Å². The van der Waals surface area contributed by atoms with Crippen LogP contribution in [0.2, 0.25) is 0 Å². The number of nitrogens with zero attached hydrogens (tertiary/aromatic N) is 4. The second kappa shape index (κ2) is 16.3.